The van der Waals surface area contributed by atoms with Gasteiger partial charge in [0, 0.05) is 12.0 Å². The van der Waals surface area contributed by atoms with Gasteiger partial charge in [0.15, 0.2) is 0 Å². The van der Waals surface area contributed by atoms with Gasteiger partial charge in [-0.25, -0.2) is 4.79 Å². The molecular weight excluding hydrogens is 278 g/mol. The van der Waals surface area contributed by atoms with E-state index < -0.39 is 6.09 Å². The largest absolute Gasteiger partial charge is 0.485 e. The lowest BCUT2D eigenvalue weighted by Gasteiger charge is -2.32. The first-order valence-corrected chi connectivity index (χ1v) is 7.51. The minimum absolute atomic E-state index is 0.0805. The number of carbonyl (C=O) groups excluding carboxylic acids is 1. The predicted octanol–water partition coefficient (Wildman–Crippen LogP) is 4.00. The molecule has 0 radical (unpaired) electrons. The molecule has 0 bridgehead atoms. The highest BCUT2D eigenvalue weighted by Crippen LogP contribution is 2.40. The lowest BCUT2D eigenvalue weighted by atomic mass is 9.93. The van der Waals surface area contributed by atoms with Crippen molar-refractivity contribution in [3.8, 4) is 5.75 Å². The molecule has 0 aliphatic carbocycles. The van der Waals surface area contributed by atoms with Crippen LogP contribution in [0.1, 0.15) is 36.6 Å². The van der Waals surface area contributed by atoms with Crippen LogP contribution in [0.15, 0.2) is 54.6 Å². The van der Waals surface area contributed by atoms with Gasteiger partial charge < -0.3 is 14.8 Å². The molecule has 2 aromatic rings. The Kier molecular flexibility index (Phi) is 4.28. The van der Waals surface area contributed by atoms with E-state index in [0.717, 1.165) is 16.9 Å². The first kappa shape index (κ1) is 14.4. The molecule has 1 N–H and O–H groups in total. The van der Waals surface area contributed by atoms with Crippen molar-refractivity contribution in [1.82, 2.24) is 5.32 Å². The molecule has 1 aliphatic heterocycles. The van der Waals surface area contributed by atoms with Gasteiger partial charge in [-0.1, -0.05) is 48.5 Å². The molecule has 2 aromatic carbocycles. The smallest absolute Gasteiger partial charge is 0.407 e. The van der Waals surface area contributed by atoms with E-state index in [9.17, 15) is 4.79 Å². The summed E-state index contributed by atoms with van der Waals surface area (Å²) in [5, 5.41) is 2.93. The van der Waals surface area contributed by atoms with Gasteiger partial charge in [0.05, 0.1) is 12.6 Å². The summed E-state index contributed by atoms with van der Waals surface area (Å²) in [5.74, 6) is 0.810. The van der Waals surface area contributed by atoms with Crippen molar-refractivity contribution in [2.45, 2.75) is 25.5 Å². The van der Waals surface area contributed by atoms with Crippen LogP contribution < -0.4 is 10.1 Å². The van der Waals surface area contributed by atoms with Crippen molar-refractivity contribution >= 4 is 6.09 Å². The maximum Gasteiger partial charge on any atom is 0.407 e. The number of para-hydroxylation sites is 1. The van der Waals surface area contributed by atoms with Gasteiger partial charge in [0.25, 0.3) is 0 Å². The van der Waals surface area contributed by atoms with Crippen LogP contribution in [-0.4, -0.2) is 12.7 Å². The van der Waals surface area contributed by atoms with Gasteiger partial charge in [-0.2, -0.15) is 0 Å². The van der Waals surface area contributed by atoms with Gasteiger partial charge in [0.1, 0.15) is 11.9 Å². The third-order valence-corrected chi connectivity index (χ3v) is 3.75. The van der Waals surface area contributed by atoms with Gasteiger partial charge in [-0.15, -0.1) is 0 Å². The molecule has 4 nitrogen and oxygen atoms in total. The molecule has 1 amide bonds. The number of alkyl carbamates (subject to hydrolysis) is 1. The SMILES string of the molecule is CCOC(=O)N[C@@H]1C[C@@H](c2ccccc2)Oc2ccccc21. The number of carbonyl (C=O) groups is 1. The van der Waals surface area contributed by atoms with Gasteiger partial charge >= 0.3 is 6.09 Å². The molecule has 0 unspecified atom stereocenters. The third-order valence-electron chi connectivity index (χ3n) is 3.75. The summed E-state index contributed by atoms with van der Waals surface area (Å²) in [5.41, 5.74) is 2.09. The van der Waals surface area contributed by atoms with Crippen LogP contribution in [0.2, 0.25) is 0 Å². The quantitative estimate of drug-likeness (QED) is 0.931. The zero-order chi connectivity index (χ0) is 15.4. The van der Waals surface area contributed by atoms with E-state index in [0.29, 0.717) is 13.0 Å². The summed E-state index contributed by atoms with van der Waals surface area (Å²) in [6, 6.07) is 17.7. The van der Waals surface area contributed by atoms with E-state index in [4.69, 9.17) is 9.47 Å². The first-order valence-electron chi connectivity index (χ1n) is 7.51. The Balaban J connectivity index is 1.86. The molecular formula is C18H19NO3. The van der Waals surface area contributed by atoms with Crippen LogP contribution in [0.4, 0.5) is 4.79 Å². The second-order valence-corrected chi connectivity index (χ2v) is 5.21. The average molecular weight is 297 g/mol. The Morgan fingerprint density at radius 1 is 1.18 bits per heavy atom. The van der Waals surface area contributed by atoms with Crippen LogP contribution >= 0.6 is 0 Å². The second kappa shape index (κ2) is 6.52. The molecule has 0 saturated heterocycles. The standard InChI is InChI=1S/C18H19NO3/c1-2-21-18(20)19-15-12-17(13-8-4-3-5-9-13)22-16-11-7-6-10-14(15)16/h3-11,15,17H,2,12H2,1H3,(H,19,20)/t15-,17+/m1/s1. The van der Waals surface area contributed by atoms with Crippen LogP contribution in [0, 0.1) is 0 Å². The van der Waals surface area contributed by atoms with E-state index >= 15 is 0 Å². The molecule has 114 valence electrons. The number of hydrogen-bond donors (Lipinski definition) is 1. The van der Waals surface area contributed by atoms with Crippen molar-refractivity contribution in [1.29, 1.82) is 0 Å². The van der Waals surface area contributed by atoms with E-state index in [2.05, 4.69) is 5.32 Å². The minimum Gasteiger partial charge on any atom is -0.485 e. The van der Waals surface area contributed by atoms with Crippen molar-refractivity contribution in [3.63, 3.8) is 0 Å². The molecule has 1 aliphatic rings. The summed E-state index contributed by atoms with van der Waals surface area (Å²) in [6.45, 7) is 2.16. The molecule has 0 saturated carbocycles. The van der Waals surface area contributed by atoms with E-state index in [1.165, 1.54) is 0 Å². The normalized spacial score (nSPS) is 19.7. The maximum atomic E-state index is 11.8. The molecule has 0 aromatic heterocycles. The number of ether oxygens (including phenoxy) is 2. The molecule has 4 heteroatoms. The monoisotopic (exact) mass is 297 g/mol. The molecule has 0 spiro atoms. The van der Waals surface area contributed by atoms with Crippen molar-refractivity contribution in [3.05, 3.63) is 65.7 Å². The third kappa shape index (κ3) is 3.06. The predicted molar refractivity (Wildman–Crippen MR) is 83.8 cm³/mol. The highest BCUT2D eigenvalue weighted by molar-refractivity contribution is 5.68. The number of hydrogen-bond acceptors (Lipinski definition) is 3. The van der Waals surface area contributed by atoms with E-state index in [1.807, 2.05) is 54.6 Å². The van der Waals surface area contributed by atoms with Gasteiger partial charge in [-0.3, -0.25) is 0 Å². The Morgan fingerprint density at radius 3 is 2.68 bits per heavy atom. The highest BCUT2D eigenvalue weighted by atomic mass is 16.5. The molecule has 22 heavy (non-hydrogen) atoms. The topological polar surface area (TPSA) is 47.6 Å². The van der Waals surface area contributed by atoms with Crippen LogP contribution in [0.25, 0.3) is 0 Å². The fourth-order valence-electron chi connectivity index (χ4n) is 2.74. The Bertz CT molecular complexity index is 642. The Morgan fingerprint density at radius 2 is 1.91 bits per heavy atom. The zero-order valence-electron chi connectivity index (χ0n) is 12.5. The lowest BCUT2D eigenvalue weighted by Crippen LogP contribution is -2.33. The average Bonchev–Trinajstić information content (AvgIpc) is 2.56. The van der Waals surface area contributed by atoms with Gasteiger partial charge in [-0.05, 0) is 18.6 Å². The molecule has 1 heterocycles. The Hall–Kier alpha value is -2.49. The fourth-order valence-corrected chi connectivity index (χ4v) is 2.74. The maximum absolute atomic E-state index is 11.8. The summed E-state index contributed by atoms with van der Waals surface area (Å²) in [6.07, 6.45) is 0.207. The van der Waals surface area contributed by atoms with Crippen LogP contribution in [-0.2, 0) is 4.74 Å². The van der Waals surface area contributed by atoms with E-state index in [-0.39, 0.29) is 12.1 Å². The summed E-state index contributed by atoms with van der Waals surface area (Å²) in [7, 11) is 0. The van der Waals surface area contributed by atoms with Crippen LogP contribution in [0.5, 0.6) is 5.75 Å². The zero-order valence-corrected chi connectivity index (χ0v) is 12.5. The highest BCUT2D eigenvalue weighted by Gasteiger charge is 2.30. The second-order valence-electron chi connectivity index (χ2n) is 5.21. The van der Waals surface area contributed by atoms with Crippen LogP contribution in [0.3, 0.4) is 0 Å². The van der Waals surface area contributed by atoms with E-state index in [1.54, 1.807) is 6.92 Å². The summed E-state index contributed by atoms with van der Waals surface area (Å²) < 4.78 is 11.1. The van der Waals surface area contributed by atoms with Crippen molar-refractivity contribution < 1.29 is 14.3 Å². The first-order chi connectivity index (χ1) is 10.8. The number of rotatable bonds is 3. The minimum atomic E-state index is -0.393. The lowest BCUT2D eigenvalue weighted by molar-refractivity contribution is 0.127. The number of nitrogens with one attached hydrogen (secondary N) is 1. The molecule has 0 fully saturated rings. The number of fused-ring (bicyclic) bond motifs is 1. The molecule has 3 rings (SSSR count). The van der Waals surface area contributed by atoms with Gasteiger partial charge in [0.2, 0.25) is 0 Å². The van der Waals surface area contributed by atoms with Crippen molar-refractivity contribution in [2.75, 3.05) is 6.61 Å². The summed E-state index contributed by atoms with van der Waals surface area (Å²) >= 11 is 0. The van der Waals surface area contributed by atoms with Crippen molar-refractivity contribution in [2.24, 2.45) is 0 Å². The number of amides is 1. The fraction of sp³-hybridized carbons (Fsp3) is 0.278. The number of benzene rings is 2. The Labute approximate surface area is 130 Å². The molecule has 2 atom stereocenters. The summed E-state index contributed by atoms with van der Waals surface area (Å²) in [4.78, 5) is 11.8.